The fourth-order valence-corrected chi connectivity index (χ4v) is 2.39. The molecule has 0 aromatic carbocycles. The Hall–Kier alpha value is -1.62. The van der Waals surface area contributed by atoms with E-state index in [0.29, 0.717) is 17.9 Å². The second-order valence-corrected chi connectivity index (χ2v) is 5.68. The van der Waals surface area contributed by atoms with Crippen LogP contribution in [0.1, 0.15) is 42.7 Å². The van der Waals surface area contributed by atoms with E-state index in [2.05, 4.69) is 10.3 Å². The fourth-order valence-electron chi connectivity index (χ4n) is 2.39. The summed E-state index contributed by atoms with van der Waals surface area (Å²) in [7, 11) is 0. The van der Waals surface area contributed by atoms with Crippen LogP contribution in [0.5, 0.6) is 0 Å². The van der Waals surface area contributed by atoms with Gasteiger partial charge in [0, 0.05) is 30.2 Å². The number of nitrogens with two attached hydrogens (primary N) is 1. The molecule has 1 aromatic rings. The molecule has 3 N–H and O–H groups in total. The van der Waals surface area contributed by atoms with Gasteiger partial charge in [-0.3, -0.25) is 9.78 Å². The summed E-state index contributed by atoms with van der Waals surface area (Å²) >= 11 is 0. The largest absolute Gasteiger partial charge is 0.398 e. The van der Waals surface area contributed by atoms with Crippen molar-refractivity contribution in [2.45, 2.75) is 45.3 Å². The molecule has 2 heterocycles. The Bertz CT molecular complexity index is 486. The highest BCUT2D eigenvalue weighted by atomic mass is 16.5. The van der Waals surface area contributed by atoms with E-state index in [0.717, 1.165) is 18.5 Å². The molecule has 1 amide bonds. The van der Waals surface area contributed by atoms with Crippen LogP contribution in [0.25, 0.3) is 0 Å². The van der Waals surface area contributed by atoms with E-state index in [1.165, 1.54) is 6.20 Å². The molecule has 0 bridgehead atoms. The Kier molecular flexibility index (Phi) is 3.75. The summed E-state index contributed by atoms with van der Waals surface area (Å²) in [6, 6.07) is 1.83. The highest BCUT2D eigenvalue weighted by Gasteiger charge is 2.30. The molecule has 1 aliphatic rings. The summed E-state index contributed by atoms with van der Waals surface area (Å²) in [5.74, 6) is -0.160. The first kappa shape index (κ1) is 13.8. The second kappa shape index (κ2) is 5.17. The minimum Gasteiger partial charge on any atom is -0.398 e. The lowest BCUT2D eigenvalue weighted by Gasteiger charge is -2.35. The molecule has 5 nitrogen and oxygen atoms in total. The number of aromatic nitrogens is 1. The number of carbonyl (C=O) groups is 1. The molecule has 0 spiro atoms. The maximum absolute atomic E-state index is 12.2. The van der Waals surface area contributed by atoms with E-state index in [1.807, 2.05) is 20.8 Å². The summed E-state index contributed by atoms with van der Waals surface area (Å²) in [5.41, 5.74) is 7.38. The molecular weight excluding hydrogens is 242 g/mol. The number of ether oxygens (including phenoxy) is 1. The molecule has 1 aliphatic heterocycles. The lowest BCUT2D eigenvalue weighted by Crippen LogP contribution is -2.45. The van der Waals surface area contributed by atoms with E-state index in [4.69, 9.17) is 10.5 Å². The quantitative estimate of drug-likeness (QED) is 0.850. The van der Waals surface area contributed by atoms with Crippen molar-refractivity contribution >= 4 is 11.6 Å². The number of hydrogen-bond acceptors (Lipinski definition) is 4. The highest BCUT2D eigenvalue weighted by Crippen LogP contribution is 2.24. The van der Waals surface area contributed by atoms with Crippen molar-refractivity contribution in [2.75, 3.05) is 12.3 Å². The third-order valence-corrected chi connectivity index (χ3v) is 3.35. The van der Waals surface area contributed by atoms with E-state index in [9.17, 15) is 4.79 Å². The zero-order chi connectivity index (χ0) is 14.0. The molecule has 0 aliphatic carbocycles. The molecule has 104 valence electrons. The van der Waals surface area contributed by atoms with Gasteiger partial charge in [-0.15, -0.1) is 0 Å². The SMILES string of the molecule is Cc1cc(N)c(C(=O)NC2CCOC(C)(C)C2)cn1. The molecule has 5 heteroatoms. The van der Waals surface area contributed by atoms with Gasteiger partial charge in [0.15, 0.2) is 0 Å². The van der Waals surface area contributed by atoms with Crippen LogP contribution >= 0.6 is 0 Å². The Morgan fingerprint density at radius 3 is 2.95 bits per heavy atom. The Morgan fingerprint density at radius 2 is 2.32 bits per heavy atom. The van der Waals surface area contributed by atoms with Gasteiger partial charge < -0.3 is 15.8 Å². The number of nitrogen functional groups attached to an aromatic ring is 1. The number of amides is 1. The van der Waals surface area contributed by atoms with Crippen molar-refractivity contribution < 1.29 is 9.53 Å². The molecule has 1 saturated heterocycles. The number of anilines is 1. The highest BCUT2D eigenvalue weighted by molar-refractivity contribution is 5.99. The number of nitrogens with one attached hydrogen (secondary N) is 1. The Balaban J connectivity index is 2.04. The van der Waals surface area contributed by atoms with Crippen LogP contribution in [0.4, 0.5) is 5.69 Å². The predicted octanol–water partition coefficient (Wildman–Crippen LogP) is 1.66. The zero-order valence-electron chi connectivity index (χ0n) is 11.7. The summed E-state index contributed by atoms with van der Waals surface area (Å²) in [6.45, 7) is 6.58. The van der Waals surface area contributed by atoms with Crippen LogP contribution in [-0.4, -0.2) is 29.1 Å². The van der Waals surface area contributed by atoms with Crippen molar-refractivity contribution in [3.8, 4) is 0 Å². The van der Waals surface area contributed by atoms with Crippen molar-refractivity contribution in [2.24, 2.45) is 0 Å². The monoisotopic (exact) mass is 263 g/mol. The van der Waals surface area contributed by atoms with Crippen LogP contribution in [0.15, 0.2) is 12.3 Å². The zero-order valence-corrected chi connectivity index (χ0v) is 11.7. The van der Waals surface area contributed by atoms with Gasteiger partial charge in [-0.2, -0.15) is 0 Å². The predicted molar refractivity (Wildman–Crippen MR) is 73.9 cm³/mol. The fraction of sp³-hybridized carbons (Fsp3) is 0.571. The summed E-state index contributed by atoms with van der Waals surface area (Å²) in [6.07, 6.45) is 3.16. The second-order valence-electron chi connectivity index (χ2n) is 5.68. The maximum atomic E-state index is 12.2. The van der Waals surface area contributed by atoms with Crippen LogP contribution in [0.2, 0.25) is 0 Å². The first-order chi connectivity index (χ1) is 8.87. The number of nitrogens with zero attached hydrogens (tertiary/aromatic N) is 1. The van der Waals surface area contributed by atoms with E-state index >= 15 is 0 Å². The topological polar surface area (TPSA) is 77.2 Å². The average molecular weight is 263 g/mol. The van der Waals surface area contributed by atoms with Gasteiger partial charge in [-0.05, 0) is 39.7 Å². The minimum absolute atomic E-state index is 0.122. The molecule has 0 radical (unpaired) electrons. The normalized spacial score (nSPS) is 21.9. The number of carbonyl (C=O) groups excluding carboxylic acids is 1. The average Bonchev–Trinajstić information content (AvgIpc) is 2.27. The smallest absolute Gasteiger partial charge is 0.255 e. The number of hydrogen-bond donors (Lipinski definition) is 2. The molecular formula is C14H21N3O2. The van der Waals surface area contributed by atoms with Crippen LogP contribution in [-0.2, 0) is 4.74 Å². The molecule has 1 atom stereocenters. The van der Waals surface area contributed by atoms with Crippen molar-refractivity contribution in [3.05, 3.63) is 23.5 Å². The van der Waals surface area contributed by atoms with Crippen LogP contribution in [0.3, 0.4) is 0 Å². The molecule has 1 unspecified atom stereocenters. The summed E-state index contributed by atoms with van der Waals surface area (Å²) < 4.78 is 5.63. The van der Waals surface area contributed by atoms with Gasteiger partial charge in [-0.25, -0.2) is 0 Å². The van der Waals surface area contributed by atoms with Crippen LogP contribution < -0.4 is 11.1 Å². The molecule has 0 saturated carbocycles. The van der Waals surface area contributed by atoms with Crippen LogP contribution in [0, 0.1) is 6.92 Å². The van der Waals surface area contributed by atoms with Crippen molar-refractivity contribution in [1.29, 1.82) is 0 Å². The number of rotatable bonds is 2. The Morgan fingerprint density at radius 1 is 1.58 bits per heavy atom. The van der Waals surface area contributed by atoms with Gasteiger partial charge in [0.1, 0.15) is 0 Å². The molecule has 1 aromatic heterocycles. The summed E-state index contributed by atoms with van der Waals surface area (Å²) in [4.78, 5) is 16.3. The first-order valence-electron chi connectivity index (χ1n) is 6.54. The van der Waals surface area contributed by atoms with E-state index < -0.39 is 0 Å². The van der Waals surface area contributed by atoms with Gasteiger partial charge in [-0.1, -0.05) is 0 Å². The minimum atomic E-state index is -0.187. The maximum Gasteiger partial charge on any atom is 0.255 e. The third-order valence-electron chi connectivity index (χ3n) is 3.35. The van der Waals surface area contributed by atoms with E-state index in [1.54, 1.807) is 6.07 Å². The molecule has 1 fully saturated rings. The first-order valence-corrected chi connectivity index (χ1v) is 6.54. The van der Waals surface area contributed by atoms with Gasteiger partial charge in [0.25, 0.3) is 5.91 Å². The van der Waals surface area contributed by atoms with Gasteiger partial charge in [0.2, 0.25) is 0 Å². The summed E-state index contributed by atoms with van der Waals surface area (Å²) in [5, 5.41) is 3.01. The standard InChI is InChI=1S/C14H21N3O2/c1-9-6-12(15)11(8-16-9)13(18)17-10-4-5-19-14(2,3)7-10/h6,8,10H,4-5,7H2,1-3H3,(H2,15,16)(H,17,18). The third kappa shape index (κ3) is 3.44. The number of pyridine rings is 1. The Labute approximate surface area is 113 Å². The lowest BCUT2D eigenvalue weighted by atomic mass is 9.94. The van der Waals surface area contributed by atoms with Crippen molar-refractivity contribution in [1.82, 2.24) is 10.3 Å². The molecule has 2 rings (SSSR count). The van der Waals surface area contributed by atoms with Crippen molar-refractivity contribution in [3.63, 3.8) is 0 Å². The molecule has 19 heavy (non-hydrogen) atoms. The van der Waals surface area contributed by atoms with Gasteiger partial charge in [0.05, 0.1) is 11.2 Å². The lowest BCUT2D eigenvalue weighted by molar-refractivity contribution is -0.0615. The number of aryl methyl sites for hydroxylation is 1. The van der Waals surface area contributed by atoms with Gasteiger partial charge >= 0.3 is 0 Å². The van der Waals surface area contributed by atoms with E-state index in [-0.39, 0.29) is 17.6 Å².